The van der Waals surface area contributed by atoms with Crippen LogP contribution in [0.1, 0.15) is 118 Å². The lowest BCUT2D eigenvalue weighted by Crippen LogP contribution is -2.46. The molecule has 2 heterocycles. The van der Waals surface area contributed by atoms with E-state index in [0.717, 1.165) is 51.4 Å². The minimum absolute atomic E-state index is 0.468. The number of hydrogen-bond donors (Lipinski definition) is 0. The predicted molar refractivity (Wildman–Crippen MR) is 124 cm³/mol. The molecule has 0 amide bonds. The lowest BCUT2D eigenvalue weighted by atomic mass is 9.98. The fourth-order valence-corrected chi connectivity index (χ4v) is 4.42. The Morgan fingerprint density at radius 3 is 0.882 bits per heavy atom. The first-order valence-corrected chi connectivity index (χ1v) is 12.9. The molecule has 0 aromatic heterocycles. The Bertz CT molecular complexity index is 612. The Hall–Kier alpha value is -2.12. The van der Waals surface area contributed by atoms with Gasteiger partial charge < -0.3 is 18.9 Å². The van der Waals surface area contributed by atoms with Crippen molar-refractivity contribution in [3.8, 4) is 0 Å². The monoisotopic (exact) mass is 482 g/mol. The summed E-state index contributed by atoms with van der Waals surface area (Å²) >= 11 is 0. The SMILES string of the molecule is CC1(C)OC(=O)C(CCCCCCCCCCCCCCC2C(=O)OC(C)(C)OC2=O)C(=O)O1. The maximum atomic E-state index is 11.9. The third-order valence-corrected chi connectivity index (χ3v) is 6.26. The quantitative estimate of drug-likeness (QED) is 0.175. The highest BCUT2D eigenvalue weighted by Crippen LogP contribution is 2.27. The summed E-state index contributed by atoms with van der Waals surface area (Å²) in [5.74, 6) is -5.72. The van der Waals surface area contributed by atoms with E-state index in [4.69, 9.17) is 18.9 Å². The van der Waals surface area contributed by atoms with Crippen LogP contribution in [0.2, 0.25) is 0 Å². The Balaban J connectivity index is 1.38. The first-order chi connectivity index (χ1) is 16.0. The molecule has 8 nitrogen and oxygen atoms in total. The van der Waals surface area contributed by atoms with Gasteiger partial charge >= 0.3 is 23.9 Å². The summed E-state index contributed by atoms with van der Waals surface area (Å²) in [7, 11) is 0. The van der Waals surface area contributed by atoms with Crippen LogP contribution < -0.4 is 0 Å². The second-order valence-corrected chi connectivity index (χ2v) is 10.4. The molecule has 0 radical (unpaired) electrons. The van der Waals surface area contributed by atoms with E-state index in [2.05, 4.69) is 0 Å². The van der Waals surface area contributed by atoms with Gasteiger partial charge in [-0.15, -0.1) is 0 Å². The van der Waals surface area contributed by atoms with Crippen molar-refractivity contribution >= 4 is 23.9 Å². The summed E-state index contributed by atoms with van der Waals surface area (Å²) in [4.78, 5) is 47.7. The van der Waals surface area contributed by atoms with Crippen molar-refractivity contribution < 1.29 is 38.1 Å². The van der Waals surface area contributed by atoms with Crippen molar-refractivity contribution in [2.45, 2.75) is 129 Å². The highest BCUT2D eigenvalue weighted by molar-refractivity contribution is 5.97. The zero-order chi connectivity index (χ0) is 25.2. The van der Waals surface area contributed by atoms with Gasteiger partial charge in [-0.3, -0.25) is 19.2 Å². The molecule has 2 fully saturated rings. The van der Waals surface area contributed by atoms with Crippen LogP contribution in [-0.4, -0.2) is 35.5 Å². The van der Waals surface area contributed by atoms with Crippen LogP contribution in [-0.2, 0) is 38.1 Å². The molecule has 2 rings (SSSR count). The molecule has 0 aromatic carbocycles. The number of hydrogen-bond acceptors (Lipinski definition) is 8. The smallest absolute Gasteiger partial charge is 0.323 e. The van der Waals surface area contributed by atoms with E-state index in [1.54, 1.807) is 27.7 Å². The van der Waals surface area contributed by atoms with Gasteiger partial charge in [0.15, 0.2) is 11.8 Å². The number of rotatable bonds is 15. The first-order valence-electron chi connectivity index (χ1n) is 12.9. The van der Waals surface area contributed by atoms with Gasteiger partial charge in [0.05, 0.1) is 0 Å². The molecule has 2 aliphatic rings. The van der Waals surface area contributed by atoms with Gasteiger partial charge in [-0.05, 0) is 12.8 Å². The molecule has 2 aliphatic heterocycles. The largest absolute Gasteiger partial charge is 0.422 e. The van der Waals surface area contributed by atoms with Gasteiger partial charge in [0.2, 0.25) is 0 Å². The van der Waals surface area contributed by atoms with E-state index in [-0.39, 0.29) is 0 Å². The molecular weight excluding hydrogens is 440 g/mol. The van der Waals surface area contributed by atoms with E-state index >= 15 is 0 Å². The van der Waals surface area contributed by atoms with Crippen LogP contribution in [0.25, 0.3) is 0 Å². The molecule has 0 spiro atoms. The number of ether oxygens (including phenoxy) is 4. The van der Waals surface area contributed by atoms with E-state index in [9.17, 15) is 19.2 Å². The summed E-state index contributed by atoms with van der Waals surface area (Å²) in [6.07, 6.45) is 14.0. The van der Waals surface area contributed by atoms with Gasteiger partial charge in [0.25, 0.3) is 11.6 Å². The van der Waals surface area contributed by atoms with Crippen molar-refractivity contribution in [1.82, 2.24) is 0 Å². The molecule has 194 valence electrons. The number of cyclic esters (lactones) is 4. The molecule has 0 aromatic rings. The molecule has 0 bridgehead atoms. The zero-order valence-electron chi connectivity index (χ0n) is 21.3. The Morgan fingerprint density at radius 2 is 0.647 bits per heavy atom. The summed E-state index contributed by atoms with van der Waals surface area (Å²) < 4.78 is 20.6. The van der Waals surface area contributed by atoms with Crippen LogP contribution >= 0.6 is 0 Å². The number of carbonyl (C=O) groups excluding carboxylic acids is 4. The maximum absolute atomic E-state index is 11.9. The van der Waals surface area contributed by atoms with Gasteiger partial charge in [0, 0.05) is 27.7 Å². The number of carbonyl (C=O) groups is 4. The highest BCUT2D eigenvalue weighted by atomic mass is 16.8. The maximum Gasteiger partial charge on any atom is 0.323 e. The van der Waals surface area contributed by atoms with Crippen LogP contribution in [0.4, 0.5) is 0 Å². The van der Waals surface area contributed by atoms with Crippen LogP contribution in [0.5, 0.6) is 0 Å². The normalized spacial score (nSPS) is 20.5. The molecular formula is C26H42O8. The average Bonchev–Trinajstić information content (AvgIpc) is 2.69. The molecule has 8 heteroatoms. The molecule has 0 N–H and O–H groups in total. The molecule has 0 saturated carbocycles. The summed E-state index contributed by atoms with van der Waals surface area (Å²) in [6, 6.07) is 0. The average molecular weight is 483 g/mol. The van der Waals surface area contributed by atoms with Crippen LogP contribution in [0, 0.1) is 11.8 Å². The highest BCUT2D eigenvalue weighted by Gasteiger charge is 2.43. The molecule has 2 saturated heterocycles. The molecule has 0 atom stereocenters. The second kappa shape index (κ2) is 13.1. The second-order valence-electron chi connectivity index (χ2n) is 10.4. The van der Waals surface area contributed by atoms with Crippen molar-refractivity contribution in [2.75, 3.05) is 0 Å². The van der Waals surface area contributed by atoms with Crippen molar-refractivity contribution in [1.29, 1.82) is 0 Å². The number of esters is 4. The molecule has 0 unspecified atom stereocenters. The first kappa shape index (κ1) is 28.1. The van der Waals surface area contributed by atoms with E-state index in [0.29, 0.717) is 12.8 Å². The van der Waals surface area contributed by atoms with Crippen molar-refractivity contribution in [3.63, 3.8) is 0 Å². The summed E-state index contributed by atoms with van der Waals surface area (Å²) in [6.45, 7) is 6.26. The molecule has 0 aliphatic carbocycles. The Morgan fingerprint density at radius 1 is 0.441 bits per heavy atom. The van der Waals surface area contributed by atoms with Gasteiger partial charge in [-0.25, -0.2) is 0 Å². The third-order valence-electron chi connectivity index (χ3n) is 6.26. The minimum atomic E-state index is -1.15. The Kier molecular flexibility index (Phi) is 10.8. The van der Waals surface area contributed by atoms with Gasteiger partial charge in [0.1, 0.15) is 0 Å². The van der Waals surface area contributed by atoms with E-state index in [1.807, 2.05) is 0 Å². The van der Waals surface area contributed by atoms with Gasteiger partial charge in [-0.2, -0.15) is 0 Å². The minimum Gasteiger partial charge on any atom is -0.422 e. The lowest BCUT2D eigenvalue weighted by Gasteiger charge is -2.32. The zero-order valence-corrected chi connectivity index (χ0v) is 21.3. The fraction of sp³-hybridized carbons (Fsp3) is 0.846. The van der Waals surface area contributed by atoms with Crippen LogP contribution in [0.15, 0.2) is 0 Å². The predicted octanol–water partition coefficient (Wildman–Crippen LogP) is 5.35. The van der Waals surface area contributed by atoms with Gasteiger partial charge in [-0.1, -0.05) is 77.0 Å². The Labute approximate surface area is 203 Å². The van der Waals surface area contributed by atoms with Crippen molar-refractivity contribution in [3.05, 3.63) is 0 Å². The third kappa shape index (κ3) is 9.63. The fourth-order valence-electron chi connectivity index (χ4n) is 4.42. The topological polar surface area (TPSA) is 105 Å². The summed E-state index contributed by atoms with van der Waals surface area (Å²) in [5, 5.41) is 0. The van der Waals surface area contributed by atoms with E-state index < -0.39 is 47.3 Å². The van der Waals surface area contributed by atoms with Crippen molar-refractivity contribution in [2.24, 2.45) is 11.8 Å². The standard InChI is InChI=1S/C26H42O8/c1-25(2)31-21(27)19(22(28)32-25)17-15-13-11-9-7-5-6-8-10-12-14-16-18-20-23(29)33-26(3,4)34-24(20)30/h19-20H,5-18H2,1-4H3. The van der Waals surface area contributed by atoms with E-state index in [1.165, 1.54) is 25.7 Å². The molecule has 34 heavy (non-hydrogen) atoms. The van der Waals surface area contributed by atoms with Crippen LogP contribution in [0.3, 0.4) is 0 Å². The number of unbranched alkanes of at least 4 members (excludes halogenated alkanes) is 11. The summed E-state index contributed by atoms with van der Waals surface area (Å²) in [5.41, 5.74) is 0. The lowest BCUT2D eigenvalue weighted by molar-refractivity contribution is -0.242.